The van der Waals surface area contributed by atoms with Crippen LogP contribution >= 0.6 is 0 Å². The Balaban J connectivity index is 3.95. The predicted octanol–water partition coefficient (Wildman–Crippen LogP) is 7.44. The molecule has 0 aliphatic rings. The highest BCUT2D eigenvalue weighted by molar-refractivity contribution is 5.67. The van der Waals surface area contributed by atoms with Crippen molar-refractivity contribution in [2.24, 2.45) is 0 Å². The summed E-state index contributed by atoms with van der Waals surface area (Å²) in [6, 6.07) is 0. The monoisotopic (exact) mass is 526 g/mol. The molecule has 37 heavy (non-hydrogen) atoms. The highest BCUT2D eigenvalue weighted by atomic mass is 16.4. The van der Waals surface area contributed by atoms with E-state index in [0.717, 1.165) is 19.3 Å². The quantitative estimate of drug-likeness (QED) is 0.0555. The van der Waals surface area contributed by atoms with Crippen LogP contribution in [0.25, 0.3) is 0 Å². The van der Waals surface area contributed by atoms with Gasteiger partial charge in [0, 0.05) is 0 Å². The summed E-state index contributed by atoms with van der Waals surface area (Å²) in [5.41, 5.74) is 0. The molecule has 0 radical (unpaired) electrons. The van der Waals surface area contributed by atoms with Gasteiger partial charge in [-0.25, -0.2) is 0 Å². The molecule has 3 N–H and O–H groups in total. The van der Waals surface area contributed by atoms with E-state index < -0.39 is 17.9 Å². The van der Waals surface area contributed by atoms with Gasteiger partial charge in [0.2, 0.25) is 0 Å². The zero-order valence-electron chi connectivity index (χ0n) is 23.6. The van der Waals surface area contributed by atoms with E-state index in [1.165, 1.54) is 89.9 Å². The first-order valence-electron chi connectivity index (χ1n) is 15.0. The average Bonchev–Trinajstić information content (AvgIpc) is 2.85. The second-order valence-electron chi connectivity index (χ2n) is 10.7. The Hall–Kier alpha value is -1.89. The van der Waals surface area contributed by atoms with Gasteiger partial charge < -0.3 is 19.8 Å². The van der Waals surface area contributed by atoms with Crippen LogP contribution in [0.2, 0.25) is 0 Å². The zero-order chi connectivity index (χ0) is 27.6. The SMILES string of the molecule is CCCCCCC/C=C/CCCCCCCCCCCC[N+](CCC(=O)O)(CCC(=O)O)CCC(=O)O. The van der Waals surface area contributed by atoms with E-state index in [0.29, 0.717) is 6.54 Å². The fourth-order valence-electron chi connectivity index (χ4n) is 4.89. The van der Waals surface area contributed by atoms with Gasteiger partial charge in [0.25, 0.3) is 0 Å². The third-order valence-electron chi connectivity index (χ3n) is 7.29. The van der Waals surface area contributed by atoms with Crippen molar-refractivity contribution < 1.29 is 34.2 Å². The summed E-state index contributed by atoms with van der Waals surface area (Å²) in [7, 11) is 0. The topological polar surface area (TPSA) is 112 Å². The Morgan fingerprint density at radius 2 is 0.811 bits per heavy atom. The molecule has 0 aromatic heterocycles. The number of aliphatic carboxylic acids is 3. The molecule has 0 bridgehead atoms. The van der Waals surface area contributed by atoms with E-state index in [9.17, 15) is 14.4 Å². The number of carbonyl (C=O) groups is 3. The van der Waals surface area contributed by atoms with E-state index in [1.807, 2.05) is 0 Å². The minimum Gasteiger partial charge on any atom is -0.481 e. The van der Waals surface area contributed by atoms with Crippen LogP contribution in [0.3, 0.4) is 0 Å². The maximum atomic E-state index is 11.1. The van der Waals surface area contributed by atoms with Crippen LogP contribution in [0.5, 0.6) is 0 Å². The molecule has 0 spiro atoms. The lowest BCUT2D eigenvalue weighted by Gasteiger charge is -2.38. The largest absolute Gasteiger partial charge is 0.481 e. The number of hydrogen-bond acceptors (Lipinski definition) is 3. The molecule has 0 aromatic rings. The van der Waals surface area contributed by atoms with Gasteiger partial charge in [-0.15, -0.1) is 0 Å². The maximum absolute atomic E-state index is 11.1. The lowest BCUT2D eigenvalue weighted by atomic mass is 10.0. The normalized spacial score (nSPS) is 11.8. The number of allylic oxidation sites excluding steroid dienone is 2. The number of carboxylic acid groups (broad SMARTS) is 3. The molecule has 216 valence electrons. The van der Waals surface area contributed by atoms with Crippen molar-refractivity contribution in [3.05, 3.63) is 12.2 Å². The van der Waals surface area contributed by atoms with Crippen LogP contribution in [0.1, 0.15) is 135 Å². The number of nitrogens with zero attached hydrogens (tertiary/aromatic N) is 1. The van der Waals surface area contributed by atoms with Crippen LogP contribution in [0.15, 0.2) is 12.2 Å². The molecule has 0 atom stereocenters. The summed E-state index contributed by atoms with van der Waals surface area (Å²) < 4.78 is 0.263. The first-order chi connectivity index (χ1) is 17.8. The predicted molar refractivity (Wildman–Crippen MR) is 150 cm³/mol. The first-order valence-corrected chi connectivity index (χ1v) is 15.0. The van der Waals surface area contributed by atoms with Crippen LogP contribution < -0.4 is 0 Å². The Morgan fingerprint density at radius 3 is 1.16 bits per heavy atom. The first kappa shape index (κ1) is 35.1. The van der Waals surface area contributed by atoms with E-state index in [-0.39, 0.29) is 43.4 Å². The van der Waals surface area contributed by atoms with Gasteiger partial charge in [-0.2, -0.15) is 0 Å². The Morgan fingerprint density at radius 1 is 0.486 bits per heavy atom. The van der Waals surface area contributed by atoms with E-state index in [2.05, 4.69) is 19.1 Å². The highest BCUT2D eigenvalue weighted by Gasteiger charge is 2.29. The van der Waals surface area contributed by atoms with E-state index in [1.54, 1.807) is 0 Å². The molecule has 0 heterocycles. The molecule has 0 aliphatic heterocycles. The Bertz CT molecular complexity index is 574. The van der Waals surface area contributed by atoms with Crippen molar-refractivity contribution >= 4 is 17.9 Å². The lowest BCUT2D eigenvalue weighted by Crippen LogP contribution is -2.52. The maximum Gasteiger partial charge on any atom is 0.309 e. The van der Waals surface area contributed by atoms with Crippen LogP contribution in [-0.2, 0) is 14.4 Å². The standard InChI is InChI=1S/C30H55NO6/c1-2-3-4-5-6-7-8-9-10-11-12-13-14-15-16-17-18-19-20-24-31(25-21-28(32)33,26-22-29(34)35)27-23-30(36)37/h8-9H,2-7,10-27H2,1H3,(H2-,32,33,34,35,36,37)/p+1/b9-8+. The van der Waals surface area contributed by atoms with Gasteiger partial charge in [0.15, 0.2) is 0 Å². The van der Waals surface area contributed by atoms with Crippen molar-refractivity contribution in [1.82, 2.24) is 0 Å². The zero-order valence-corrected chi connectivity index (χ0v) is 23.6. The van der Waals surface area contributed by atoms with Crippen molar-refractivity contribution in [1.29, 1.82) is 0 Å². The Labute approximate surface area is 225 Å². The van der Waals surface area contributed by atoms with Crippen LogP contribution in [0, 0.1) is 0 Å². The number of carboxylic acids is 3. The summed E-state index contributed by atoms with van der Waals surface area (Å²) in [5.74, 6) is -2.80. The minimum atomic E-state index is -0.933. The van der Waals surface area contributed by atoms with Crippen LogP contribution in [-0.4, -0.2) is 63.9 Å². The van der Waals surface area contributed by atoms with E-state index >= 15 is 0 Å². The van der Waals surface area contributed by atoms with Crippen molar-refractivity contribution in [3.8, 4) is 0 Å². The van der Waals surface area contributed by atoms with Gasteiger partial charge in [0.05, 0.1) is 45.4 Å². The number of unbranched alkanes of at least 4 members (excludes halogenated alkanes) is 15. The number of quaternary nitrogens is 1. The fourth-order valence-corrected chi connectivity index (χ4v) is 4.89. The molecular formula is C30H56NO6+. The molecular weight excluding hydrogens is 470 g/mol. The smallest absolute Gasteiger partial charge is 0.309 e. The van der Waals surface area contributed by atoms with E-state index in [4.69, 9.17) is 15.3 Å². The fraction of sp³-hybridized carbons (Fsp3) is 0.833. The van der Waals surface area contributed by atoms with Gasteiger partial charge in [-0.05, 0) is 38.5 Å². The molecule has 0 aliphatic carbocycles. The average molecular weight is 527 g/mol. The summed E-state index contributed by atoms with van der Waals surface area (Å²) in [6.45, 7) is 3.74. The molecule has 0 rings (SSSR count). The summed E-state index contributed by atoms with van der Waals surface area (Å²) in [6.07, 6.45) is 25.6. The molecule has 0 unspecified atom stereocenters. The lowest BCUT2D eigenvalue weighted by molar-refractivity contribution is -0.927. The van der Waals surface area contributed by atoms with Gasteiger partial charge in [0.1, 0.15) is 0 Å². The minimum absolute atomic E-state index is 0.0748. The molecule has 0 saturated carbocycles. The summed E-state index contributed by atoms with van der Waals surface area (Å²) in [5, 5.41) is 27.4. The Kier molecular flexibility index (Phi) is 23.2. The molecule has 0 aromatic carbocycles. The summed E-state index contributed by atoms with van der Waals surface area (Å²) in [4.78, 5) is 33.4. The third-order valence-corrected chi connectivity index (χ3v) is 7.29. The van der Waals surface area contributed by atoms with Crippen molar-refractivity contribution in [2.45, 2.75) is 135 Å². The van der Waals surface area contributed by atoms with Gasteiger partial charge in [-0.1, -0.05) is 89.7 Å². The summed E-state index contributed by atoms with van der Waals surface area (Å²) >= 11 is 0. The number of rotatable bonds is 28. The third kappa shape index (κ3) is 24.2. The van der Waals surface area contributed by atoms with Crippen molar-refractivity contribution in [2.75, 3.05) is 26.2 Å². The molecule has 0 fully saturated rings. The second-order valence-corrected chi connectivity index (χ2v) is 10.7. The van der Waals surface area contributed by atoms with Crippen LogP contribution in [0.4, 0.5) is 0 Å². The molecule has 7 heteroatoms. The van der Waals surface area contributed by atoms with Gasteiger partial charge >= 0.3 is 17.9 Å². The number of hydrogen-bond donors (Lipinski definition) is 3. The van der Waals surface area contributed by atoms with Crippen molar-refractivity contribution in [3.63, 3.8) is 0 Å². The molecule has 7 nitrogen and oxygen atoms in total. The molecule has 0 amide bonds. The highest BCUT2D eigenvalue weighted by Crippen LogP contribution is 2.17. The van der Waals surface area contributed by atoms with Gasteiger partial charge in [-0.3, -0.25) is 14.4 Å². The molecule has 0 saturated heterocycles. The second kappa shape index (κ2) is 24.4.